The summed E-state index contributed by atoms with van der Waals surface area (Å²) in [5.41, 5.74) is -2.55. The molecule has 9 rings (SSSR count). The normalized spacial score (nSPS) is 40.7. The maximum absolute atomic E-state index is 14.0. The number of aliphatic hydroxyl groups excluding tert-OH is 2. The number of ether oxygens (including phenoxy) is 10. The average Bonchev–Trinajstić information content (AvgIpc) is 3.34. The number of phenols is 3. The third kappa shape index (κ3) is 10.6. The van der Waals surface area contributed by atoms with Crippen molar-refractivity contribution in [3.05, 3.63) is 51.6 Å². The van der Waals surface area contributed by atoms with Crippen LogP contribution < -0.4 is 0 Å². The van der Waals surface area contributed by atoms with Crippen molar-refractivity contribution in [2.24, 2.45) is 0 Å². The van der Waals surface area contributed by atoms with Gasteiger partial charge in [0, 0.05) is 60.9 Å². The first-order chi connectivity index (χ1) is 35.1. The molecule has 74 heavy (non-hydrogen) atoms. The van der Waals surface area contributed by atoms with Crippen molar-refractivity contribution in [1.29, 1.82) is 0 Å². The van der Waals surface area contributed by atoms with Gasteiger partial charge in [0.15, 0.2) is 37.2 Å². The van der Waals surface area contributed by atoms with Gasteiger partial charge in [0.05, 0.1) is 71.1 Å². The molecule has 5 saturated heterocycles. The van der Waals surface area contributed by atoms with E-state index in [0.29, 0.717) is 32.1 Å². The number of aliphatic hydroxyl groups is 3. The third-order valence-electron chi connectivity index (χ3n) is 16.7. The second kappa shape index (κ2) is 22.1. The summed E-state index contributed by atoms with van der Waals surface area (Å²) in [6.45, 7) is 11.2. The number of carbonyl (C=O) groups excluding carboxylic acids is 2. The molecule has 5 fully saturated rings. The van der Waals surface area contributed by atoms with Gasteiger partial charge < -0.3 is 87.8 Å². The number of likely N-dealkylation sites (N-methyl/N-ethyl adjacent to an activating group) is 2. The minimum absolute atomic E-state index is 0.0115. The number of hydrogen-bond acceptors (Lipinski definition) is 20. The van der Waals surface area contributed by atoms with E-state index in [-0.39, 0.29) is 84.8 Å². The Hall–Kier alpha value is -3.42. The lowest BCUT2D eigenvalue weighted by atomic mass is 9.71. The van der Waals surface area contributed by atoms with Crippen LogP contribution in [0.4, 0.5) is 0 Å². The van der Waals surface area contributed by atoms with E-state index in [1.54, 1.807) is 6.92 Å². The number of phenolic OH excluding ortho intramolecular Hbond substituents is 3. The topological polar surface area (TPSA) is 254 Å². The van der Waals surface area contributed by atoms with E-state index in [9.17, 15) is 40.2 Å². The van der Waals surface area contributed by atoms with E-state index in [1.807, 2.05) is 67.7 Å². The largest absolute Gasteiger partial charge is 0.507 e. The number of aromatic hydroxyl groups is 3. The zero-order chi connectivity index (χ0) is 53.2. The molecule has 412 valence electrons. The predicted molar refractivity (Wildman–Crippen MR) is 263 cm³/mol. The molecule has 2 aliphatic carbocycles. The van der Waals surface area contributed by atoms with Crippen LogP contribution in [-0.2, 0) is 53.8 Å². The zero-order valence-corrected chi connectivity index (χ0v) is 44.2. The van der Waals surface area contributed by atoms with Gasteiger partial charge in [-0.2, -0.15) is 0 Å². The van der Waals surface area contributed by atoms with E-state index < -0.39 is 132 Å². The Balaban J connectivity index is 0.825. The lowest BCUT2D eigenvalue weighted by Gasteiger charge is -2.49. The van der Waals surface area contributed by atoms with Gasteiger partial charge in [0.25, 0.3) is 0 Å². The highest BCUT2D eigenvalue weighted by molar-refractivity contribution is 6.31. The quantitative estimate of drug-likeness (QED) is 0.131. The molecule has 0 bridgehead atoms. The average molecular weight is 1040 g/mol. The first-order valence-electron chi connectivity index (χ1n) is 26.6. The summed E-state index contributed by atoms with van der Waals surface area (Å²) < 4.78 is 64.4. The number of rotatable bonds is 13. The number of benzene rings is 2. The Labute approximate surface area is 433 Å². The Morgan fingerprint density at radius 1 is 0.595 bits per heavy atom. The highest BCUT2D eigenvalue weighted by Gasteiger charge is 2.52. The minimum Gasteiger partial charge on any atom is -0.507 e. The van der Waals surface area contributed by atoms with Gasteiger partial charge in [0.1, 0.15) is 41.7 Å². The van der Waals surface area contributed by atoms with Crippen molar-refractivity contribution in [3.63, 3.8) is 0 Å². The molecule has 6 N–H and O–H groups in total. The summed E-state index contributed by atoms with van der Waals surface area (Å²) in [6.07, 6.45) is -6.26. The molecular weight excluding hydrogens is 965 g/mol. The van der Waals surface area contributed by atoms with Crippen LogP contribution in [-0.4, -0.2) is 196 Å². The summed E-state index contributed by atoms with van der Waals surface area (Å²) in [5, 5.41) is 68.0. The Kier molecular flexibility index (Phi) is 16.6. The van der Waals surface area contributed by atoms with E-state index in [0.717, 1.165) is 0 Å². The third-order valence-corrected chi connectivity index (χ3v) is 16.7. The van der Waals surface area contributed by atoms with Crippen molar-refractivity contribution < 1.29 is 87.6 Å². The van der Waals surface area contributed by atoms with Crippen molar-refractivity contribution in [1.82, 2.24) is 9.80 Å². The van der Waals surface area contributed by atoms with Gasteiger partial charge in [-0.25, -0.2) is 0 Å². The second-order valence-corrected chi connectivity index (χ2v) is 22.1. The molecule has 0 radical (unpaired) electrons. The van der Waals surface area contributed by atoms with Gasteiger partial charge in [-0.1, -0.05) is 19.1 Å². The summed E-state index contributed by atoms with van der Waals surface area (Å²) >= 11 is 0. The van der Waals surface area contributed by atoms with Crippen LogP contribution in [0.1, 0.15) is 148 Å². The smallest absolute Gasteiger partial charge is 0.202 e. The van der Waals surface area contributed by atoms with Crippen molar-refractivity contribution in [2.45, 2.75) is 228 Å². The first-order valence-corrected chi connectivity index (χ1v) is 26.6. The van der Waals surface area contributed by atoms with Crippen molar-refractivity contribution in [2.75, 3.05) is 28.2 Å². The number of hydrogen-bond donors (Lipinski definition) is 6. The van der Waals surface area contributed by atoms with Crippen LogP contribution in [0.3, 0.4) is 0 Å². The van der Waals surface area contributed by atoms with Gasteiger partial charge in [-0.15, -0.1) is 0 Å². The molecule has 7 aliphatic rings. The Morgan fingerprint density at radius 2 is 1.12 bits per heavy atom. The fraction of sp³-hybridized carbons (Fsp3) is 0.741. The molecular formula is C54H78N2O18. The maximum Gasteiger partial charge on any atom is 0.202 e. The van der Waals surface area contributed by atoms with Gasteiger partial charge in [-0.05, 0) is 101 Å². The molecule has 20 heteroatoms. The molecule has 20 atom stereocenters. The van der Waals surface area contributed by atoms with E-state index in [1.165, 1.54) is 18.2 Å². The molecule has 20 nitrogen and oxygen atoms in total. The predicted octanol–water partition coefficient (Wildman–Crippen LogP) is 4.30. The molecule has 5 aliphatic heterocycles. The summed E-state index contributed by atoms with van der Waals surface area (Å²) in [5.74, 6) is -3.04. The Bertz CT molecular complexity index is 2340. The molecule has 5 heterocycles. The number of nitrogens with zero attached hydrogens (tertiary/aromatic N) is 2. The number of ketones is 2. The SMILES string of the molecule is CC[C@@]1(O)CCc2c(O)c3c(c(O)c2[C@H]1OC1CC(N(C)C)C(OC2CC(N(C)C)C(OC4CC(O)C(OC5CCC(OC6CCC(O)C(C)O6)C(C)O5)C(C)O4)C(C)O2)C(C)O1)C(=O)c1cccc(O)c1C3=O. The molecule has 18 unspecified atom stereocenters. The maximum atomic E-state index is 14.0. The molecule has 0 amide bonds. The van der Waals surface area contributed by atoms with Crippen LogP contribution >= 0.6 is 0 Å². The van der Waals surface area contributed by atoms with Gasteiger partial charge in [0.2, 0.25) is 5.78 Å². The van der Waals surface area contributed by atoms with Crippen LogP contribution in [0.5, 0.6) is 17.2 Å². The minimum atomic E-state index is -1.56. The molecule has 2 aromatic rings. The number of fused-ring (bicyclic) bond motifs is 3. The van der Waals surface area contributed by atoms with E-state index >= 15 is 0 Å². The highest BCUT2D eigenvalue weighted by Crippen LogP contribution is 2.54. The summed E-state index contributed by atoms with van der Waals surface area (Å²) in [7, 11) is 7.78. The first kappa shape index (κ1) is 55.3. The summed E-state index contributed by atoms with van der Waals surface area (Å²) in [4.78, 5) is 31.8. The lowest BCUT2D eigenvalue weighted by Crippen LogP contribution is -2.60. The lowest BCUT2D eigenvalue weighted by molar-refractivity contribution is -0.339. The van der Waals surface area contributed by atoms with Crippen molar-refractivity contribution >= 4 is 11.6 Å². The van der Waals surface area contributed by atoms with Crippen LogP contribution in [0.2, 0.25) is 0 Å². The number of carbonyl (C=O) groups is 2. The summed E-state index contributed by atoms with van der Waals surface area (Å²) in [6, 6.07) is 3.59. The molecule has 0 saturated carbocycles. The standard InChI is InChI=1S/C54H78N2O18/c1-11-54(64)20-19-30-43(49(63)45-44(47(30)61)48(62)42-29(46(45)60)13-12-14-34(42)58)53(54)74-40-22-32(56(9)10)50(27(5)68-40)72-39-21-31(55(7)8)51(26(4)67-39)73-41-23-35(59)52(28(6)69-41)71-38-18-16-36(25(3)66-38)70-37-17-15-33(57)24(2)65-37/h12-14,24-28,31-33,35-41,50-53,57-59,61,63-64H,11,15-23H2,1-10H3/t24?,25?,26?,27?,28?,31?,32?,33?,35?,36?,37?,38?,39?,40?,41?,50?,51?,52?,53-,54-/m1/s1. The fourth-order valence-corrected chi connectivity index (χ4v) is 12.3. The Morgan fingerprint density at radius 3 is 1.70 bits per heavy atom. The van der Waals surface area contributed by atoms with Gasteiger partial charge in [-0.3, -0.25) is 9.59 Å². The zero-order valence-electron chi connectivity index (χ0n) is 44.2. The van der Waals surface area contributed by atoms with Gasteiger partial charge >= 0.3 is 0 Å². The highest BCUT2D eigenvalue weighted by atomic mass is 16.8. The van der Waals surface area contributed by atoms with Crippen LogP contribution in [0.15, 0.2) is 18.2 Å². The fourth-order valence-electron chi connectivity index (χ4n) is 12.3. The van der Waals surface area contributed by atoms with Crippen LogP contribution in [0.25, 0.3) is 0 Å². The molecule has 0 aromatic heterocycles. The van der Waals surface area contributed by atoms with E-state index in [2.05, 4.69) is 4.90 Å². The molecule has 2 aromatic carbocycles. The second-order valence-electron chi connectivity index (χ2n) is 22.1. The monoisotopic (exact) mass is 1040 g/mol. The van der Waals surface area contributed by atoms with Crippen LogP contribution in [0, 0.1) is 0 Å². The molecule has 0 spiro atoms. The van der Waals surface area contributed by atoms with E-state index in [4.69, 9.17) is 47.4 Å². The van der Waals surface area contributed by atoms with Crippen molar-refractivity contribution in [3.8, 4) is 17.2 Å².